The van der Waals surface area contributed by atoms with E-state index < -0.39 is 5.41 Å². The molecule has 4 aliphatic rings. The number of nitrogens with zero attached hydrogens (tertiary/aromatic N) is 1. The fraction of sp³-hybridized carbons (Fsp3) is 0.619. The Hall–Kier alpha value is -1.92. The number of amides is 1. The molecule has 4 heterocycles. The number of fused-ring (bicyclic) bond motifs is 5. The van der Waals surface area contributed by atoms with Crippen LogP contribution in [-0.2, 0) is 24.5 Å². The molecule has 0 aromatic heterocycles. The van der Waals surface area contributed by atoms with Gasteiger partial charge in [0, 0.05) is 24.2 Å². The van der Waals surface area contributed by atoms with Crippen molar-refractivity contribution in [2.24, 2.45) is 17.8 Å². The summed E-state index contributed by atoms with van der Waals surface area (Å²) < 4.78 is 11.0. The number of anilines is 1. The summed E-state index contributed by atoms with van der Waals surface area (Å²) in [5.41, 5.74) is 1.57. The Kier molecular flexibility index (Phi) is 3.85. The number of carbonyl (C=O) groups is 2. The van der Waals surface area contributed by atoms with Crippen LogP contribution in [0.25, 0.3) is 0 Å². The smallest absolute Gasteiger partial charge is 0.311 e. The van der Waals surface area contributed by atoms with E-state index in [-0.39, 0.29) is 35.9 Å². The van der Waals surface area contributed by atoms with E-state index in [0.29, 0.717) is 12.5 Å². The van der Waals surface area contributed by atoms with Gasteiger partial charge < -0.3 is 14.8 Å². The predicted molar refractivity (Wildman–Crippen MR) is 99.2 cm³/mol. The third-order valence-corrected chi connectivity index (χ3v) is 7.52. The molecule has 27 heavy (non-hydrogen) atoms. The fourth-order valence-corrected chi connectivity index (χ4v) is 6.13. The van der Waals surface area contributed by atoms with Crippen molar-refractivity contribution in [3.63, 3.8) is 0 Å². The van der Waals surface area contributed by atoms with E-state index in [1.807, 2.05) is 18.2 Å². The molecule has 6 nitrogen and oxygen atoms in total. The highest BCUT2D eigenvalue weighted by Gasteiger charge is 2.61. The number of para-hydroxylation sites is 1. The average Bonchev–Trinajstić information content (AvgIpc) is 3.20. The summed E-state index contributed by atoms with van der Waals surface area (Å²) in [4.78, 5) is 28.0. The topological polar surface area (TPSA) is 67.9 Å². The number of hydrogen-bond acceptors (Lipinski definition) is 5. The summed E-state index contributed by atoms with van der Waals surface area (Å²) in [5, 5.41) is 3.11. The van der Waals surface area contributed by atoms with Crippen molar-refractivity contribution in [2.75, 3.05) is 32.1 Å². The number of ether oxygens (including phenoxy) is 2. The monoisotopic (exact) mass is 370 g/mol. The molecule has 144 valence electrons. The van der Waals surface area contributed by atoms with E-state index in [9.17, 15) is 9.59 Å². The van der Waals surface area contributed by atoms with Gasteiger partial charge in [-0.3, -0.25) is 14.5 Å². The van der Waals surface area contributed by atoms with E-state index in [1.165, 1.54) is 7.11 Å². The molecule has 0 saturated carbocycles. The number of benzene rings is 1. The van der Waals surface area contributed by atoms with Gasteiger partial charge >= 0.3 is 5.97 Å². The molecule has 1 unspecified atom stereocenters. The van der Waals surface area contributed by atoms with Crippen LogP contribution in [-0.4, -0.2) is 55.7 Å². The summed E-state index contributed by atoms with van der Waals surface area (Å²) >= 11 is 0. The van der Waals surface area contributed by atoms with Gasteiger partial charge in [-0.25, -0.2) is 0 Å². The maximum absolute atomic E-state index is 13.2. The molecule has 6 heteroatoms. The standard InChI is InChI=1S/C21H26N2O4/c1-12-14-10-23-8-7-21(16-5-3-4-6-17(16)22-20(21)25)18(23)9-13(14)15(11-27-12)19(24)26-2/h3-6,12-15,18H,7-11H2,1-2H3,(H,22,25)/t12-,13-,14-,15?,18-,21+/m0/s1. The number of esters is 1. The van der Waals surface area contributed by atoms with Crippen LogP contribution >= 0.6 is 0 Å². The van der Waals surface area contributed by atoms with Crippen LogP contribution in [0.15, 0.2) is 24.3 Å². The zero-order valence-electron chi connectivity index (χ0n) is 15.8. The van der Waals surface area contributed by atoms with Gasteiger partial charge in [0.2, 0.25) is 5.91 Å². The molecule has 1 aromatic rings. The van der Waals surface area contributed by atoms with E-state index >= 15 is 0 Å². The van der Waals surface area contributed by atoms with Crippen LogP contribution in [0.4, 0.5) is 5.69 Å². The lowest BCUT2D eigenvalue weighted by Crippen LogP contribution is -2.59. The van der Waals surface area contributed by atoms with Crippen molar-refractivity contribution in [3.05, 3.63) is 29.8 Å². The lowest BCUT2D eigenvalue weighted by molar-refractivity contribution is -0.169. The molecule has 1 N–H and O–H groups in total. The first-order valence-electron chi connectivity index (χ1n) is 9.90. The summed E-state index contributed by atoms with van der Waals surface area (Å²) in [7, 11) is 1.45. The second kappa shape index (κ2) is 6.04. The van der Waals surface area contributed by atoms with E-state index in [2.05, 4.69) is 23.2 Å². The summed E-state index contributed by atoms with van der Waals surface area (Å²) in [6.45, 7) is 4.30. The highest BCUT2D eigenvalue weighted by molar-refractivity contribution is 6.07. The van der Waals surface area contributed by atoms with Gasteiger partial charge in [0.05, 0.1) is 31.2 Å². The van der Waals surface area contributed by atoms with Gasteiger partial charge in [-0.15, -0.1) is 0 Å². The number of nitrogens with one attached hydrogen (secondary N) is 1. The molecule has 4 aliphatic heterocycles. The number of rotatable bonds is 1. The quantitative estimate of drug-likeness (QED) is 0.764. The molecule has 0 aliphatic carbocycles. The average molecular weight is 370 g/mol. The molecule has 0 bridgehead atoms. The third kappa shape index (κ3) is 2.26. The molecule has 5 rings (SSSR count). The van der Waals surface area contributed by atoms with Crippen molar-refractivity contribution in [3.8, 4) is 0 Å². The Labute approximate surface area is 159 Å². The van der Waals surface area contributed by atoms with Crippen molar-refractivity contribution in [1.29, 1.82) is 0 Å². The number of piperidine rings is 1. The van der Waals surface area contributed by atoms with E-state index in [0.717, 1.165) is 37.2 Å². The van der Waals surface area contributed by atoms with Crippen LogP contribution in [0.3, 0.4) is 0 Å². The molecule has 1 amide bonds. The van der Waals surface area contributed by atoms with Crippen molar-refractivity contribution < 1.29 is 19.1 Å². The Balaban J connectivity index is 1.53. The summed E-state index contributed by atoms with van der Waals surface area (Å²) in [6.07, 6.45) is 1.79. The lowest BCUT2D eigenvalue weighted by Gasteiger charge is -2.50. The molecule has 3 fully saturated rings. The number of carbonyl (C=O) groups excluding carboxylic acids is 2. The van der Waals surface area contributed by atoms with E-state index in [4.69, 9.17) is 9.47 Å². The molecule has 0 radical (unpaired) electrons. The van der Waals surface area contributed by atoms with Gasteiger partial charge in [-0.1, -0.05) is 18.2 Å². The van der Waals surface area contributed by atoms with Gasteiger partial charge in [0.25, 0.3) is 0 Å². The zero-order chi connectivity index (χ0) is 18.8. The fourth-order valence-electron chi connectivity index (χ4n) is 6.13. The largest absolute Gasteiger partial charge is 0.469 e. The van der Waals surface area contributed by atoms with Gasteiger partial charge in [-0.2, -0.15) is 0 Å². The van der Waals surface area contributed by atoms with Gasteiger partial charge in [0.15, 0.2) is 0 Å². The second-order valence-corrected chi connectivity index (χ2v) is 8.46. The first-order chi connectivity index (χ1) is 13.1. The molecule has 6 atom stereocenters. The minimum atomic E-state index is -0.496. The Bertz CT molecular complexity index is 796. The minimum absolute atomic E-state index is 0.115. The normalized spacial score (nSPS) is 40.2. The highest BCUT2D eigenvalue weighted by atomic mass is 16.5. The van der Waals surface area contributed by atoms with Gasteiger partial charge in [-0.05, 0) is 43.9 Å². The Morgan fingerprint density at radius 2 is 2.15 bits per heavy atom. The number of methoxy groups -OCH3 is 1. The first kappa shape index (κ1) is 17.2. The zero-order valence-corrected chi connectivity index (χ0v) is 15.8. The molecule has 1 spiro atoms. The highest BCUT2D eigenvalue weighted by Crippen LogP contribution is 2.54. The molecule has 1 aromatic carbocycles. The lowest BCUT2D eigenvalue weighted by atomic mass is 9.65. The van der Waals surface area contributed by atoms with Gasteiger partial charge in [0.1, 0.15) is 0 Å². The second-order valence-electron chi connectivity index (χ2n) is 8.46. The van der Waals surface area contributed by atoms with Crippen molar-refractivity contribution in [1.82, 2.24) is 4.90 Å². The summed E-state index contributed by atoms with van der Waals surface area (Å²) in [5.74, 6) is 0.181. The molecular weight excluding hydrogens is 344 g/mol. The number of hydrogen-bond donors (Lipinski definition) is 1. The maximum atomic E-state index is 13.2. The third-order valence-electron chi connectivity index (χ3n) is 7.52. The van der Waals surface area contributed by atoms with Crippen molar-refractivity contribution in [2.45, 2.75) is 37.3 Å². The van der Waals surface area contributed by atoms with Crippen LogP contribution in [0.5, 0.6) is 0 Å². The molecule has 3 saturated heterocycles. The Morgan fingerprint density at radius 1 is 1.33 bits per heavy atom. The van der Waals surface area contributed by atoms with Crippen LogP contribution in [0, 0.1) is 17.8 Å². The predicted octanol–water partition coefficient (Wildman–Crippen LogP) is 1.79. The Morgan fingerprint density at radius 3 is 2.96 bits per heavy atom. The van der Waals surface area contributed by atoms with Crippen LogP contribution in [0.1, 0.15) is 25.3 Å². The van der Waals surface area contributed by atoms with E-state index in [1.54, 1.807) is 0 Å². The maximum Gasteiger partial charge on any atom is 0.311 e. The molecular formula is C21H26N2O4. The van der Waals surface area contributed by atoms with Crippen LogP contribution < -0.4 is 5.32 Å². The van der Waals surface area contributed by atoms with Crippen molar-refractivity contribution >= 4 is 17.6 Å². The SMILES string of the molecule is COC(=O)C1CO[C@@H](C)[C@@H]2CN3CC[C@]4(C(=O)Nc5ccccc54)[C@@H]3C[C@H]12. The summed E-state index contributed by atoms with van der Waals surface area (Å²) in [6, 6.07) is 8.19. The van der Waals surface area contributed by atoms with Crippen LogP contribution in [0.2, 0.25) is 0 Å². The first-order valence-corrected chi connectivity index (χ1v) is 9.90. The minimum Gasteiger partial charge on any atom is -0.469 e.